The molecule has 0 saturated carbocycles. The SMILES string of the molecule is CCCCCCCCC/C=C\CCCCCCCC(=O)OCCCCCCCCCCCCCCCCCCCCC(=O)NC(CO)C(O)/C=C/CCCCCCCCCCCCCCCCCCCCCCCCC. The number of aliphatic hydroxyl groups is 2. The number of carbonyl (C=O) groups excluding carboxylic acids is 2. The lowest BCUT2D eigenvalue weighted by Crippen LogP contribution is -2.45. The molecule has 2 atom stereocenters. The summed E-state index contributed by atoms with van der Waals surface area (Å²) in [5.74, 6) is -0.0676. The Kier molecular flexibility index (Phi) is 64.4. The van der Waals surface area contributed by atoms with Crippen LogP contribution in [0.15, 0.2) is 24.3 Å². The molecule has 0 aliphatic heterocycles. The van der Waals surface area contributed by atoms with E-state index in [0.29, 0.717) is 19.4 Å². The number of hydrogen-bond acceptors (Lipinski definition) is 5. The quantitative estimate of drug-likeness (QED) is 0.0320. The third-order valence-electron chi connectivity index (χ3n) is 16.2. The molecule has 450 valence electrons. The molecule has 0 bridgehead atoms. The summed E-state index contributed by atoms with van der Waals surface area (Å²) in [7, 11) is 0. The van der Waals surface area contributed by atoms with Crippen LogP contribution in [0.2, 0.25) is 0 Å². The Bertz CT molecular complexity index is 1190. The number of ether oxygens (including phenoxy) is 1. The molecular weight excluding hydrogens is 935 g/mol. The number of carbonyl (C=O) groups is 2. The van der Waals surface area contributed by atoms with E-state index in [-0.39, 0.29) is 18.5 Å². The summed E-state index contributed by atoms with van der Waals surface area (Å²) in [5.41, 5.74) is 0. The lowest BCUT2D eigenvalue weighted by Gasteiger charge is -2.20. The van der Waals surface area contributed by atoms with Crippen LogP contribution in [0.25, 0.3) is 0 Å². The van der Waals surface area contributed by atoms with Crippen LogP contribution in [0.4, 0.5) is 0 Å². The normalized spacial score (nSPS) is 12.6. The molecule has 6 nitrogen and oxygen atoms in total. The van der Waals surface area contributed by atoms with Gasteiger partial charge in [0.2, 0.25) is 5.91 Å². The van der Waals surface area contributed by atoms with Crippen molar-refractivity contribution in [2.75, 3.05) is 13.2 Å². The van der Waals surface area contributed by atoms with Crippen LogP contribution in [0.1, 0.15) is 386 Å². The van der Waals surface area contributed by atoms with Crippen molar-refractivity contribution in [3.05, 3.63) is 24.3 Å². The van der Waals surface area contributed by atoms with Crippen LogP contribution in [-0.2, 0) is 14.3 Å². The van der Waals surface area contributed by atoms with Crippen molar-refractivity contribution < 1.29 is 24.5 Å². The molecule has 2 unspecified atom stereocenters. The minimum Gasteiger partial charge on any atom is -0.466 e. The third-order valence-corrected chi connectivity index (χ3v) is 16.2. The van der Waals surface area contributed by atoms with E-state index in [4.69, 9.17) is 4.74 Å². The Labute approximate surface area is 475 Å². The van der Waals surface area contributed by atoms with E-state index in [9.17, 15) is 19.8 Å². The Hall–Kier alpha value is -1.66. The monoisotopic (exact) mass is 1070 g/mol. The number of hydrogen-bond donors (Lipinski definition) is 3. The summed E-state index contributed by atoms with van der Waals surface area (Å²) in [6.07, 6.45) is 82.4. The van der Waals surface area contributed by atoms with Crippen LogP contribution in [0.5, 0.6) is 0 Å². The highest BCUT2D eigenvalue weighted by molar-refractivity contribution is 5.76. The first-order chi connectivity index (χ1) is 37.5. The zero-order valence-corrected chi connectivity index (χ0v) is 51.5. The fourth-order valence-corrected chi connectivity index (χ4v) is 10.9. The number of unbranched alkanes of at least 4 members (excludes halogenated alkanes) is 52. The van der Waals surface area contributed by atoms with E-state index in [1.54, 1.807) is 6.08 Å². The molecule has 3 N–H and O–H groups in total. The molecule has 0 aromatic heterocycles. The van der Waals surface area contributed by atoms with Gasteiger partial charge in [-0.25, -0.2) is 0 Å². The summed E-state index contributed by atoms with van der Waals surface area (Å²) in [6, 6.07) is -0.633. The third kappa shape index (κ3) is 61.6. The maximum Gasteiger partial charge on any atom is 0.305 e. The number of allylic oxidation sites excluding steroid dienone is 3. The Morgan fingerprint density at radius 2 is 0.618 bits per heavy atom. The minimum atomic E-state index is -0.849. The van der Waals surface area contributed by atoms with Gasteiger partial charge in [-0.1, -0.05) is 340 Å². The summed E-state index contributed by atoms with van der Waals surface area (Å²) in [6.45, 7) is 4.93. The first-order valence-corrected chi connectivity index (χ1v) is 34.6. The lowest BCUT2D eigenvalue weighted by atomic mass is 10.0. The number of rotatable bonds is 65. The van der Waals surface area contributed by atoms with Crippen molar-refractivity contribution in [1.29, 1.82) is 0 Å². The zero-order valence-electron chi connectivity index (χ0n) is 51.5. The van der Waals surface area contributed by atoms with E-state index >= 15 is 0 Å². The van der Waals surface area contributed by atoms with Gasteiger partial charge in [0.05, 0.1) is 25.4 Å². The Morgan fingerprint density at radius 1 is 0.355 bits per heavy atom. The number of amides is 1. The standard InChI is InChI=1S/C70H135NO5/c1-3-5-7-9-11-13-15-17-19-21-22-23-24-25-26-27-28-31-34-38-42-46-50-54-58-62-68(73)67(66-72)71-69(74)63-59-55-51-47-43-39-35-32-29-30-33-37-41-45-49-53-57-61-65-76-70(75)64-60-56-52-48-44-40-36-20-18-16-14-12-10-8-6-4-2/h20,36,58,62,67-68,72-73H,3-19,21-35,37-57,59-61,63-66H2,1-2H3,(H,71,74)/b36-20-,62-58+. The topological polar surface area (TPSA) is 95.9 Å². The van der Waals surface area contributed by atoms with Gasteiger partial charge in [0.15, 0.2) is 0 Å². The molecule has 0 fully saturated rings. The van der Waals surface area contributed by atoms with Gasteiger partial charge in [-0.2, -0.15) is 0 Å². The van der Waals surface area contributed by atoms with Gasteiger partial charge in [-0.3, -0.25) is 9.59 Å². The van der Waals surface area contributed by atoms with Crippen LogP contribution in [-0.4, -0.2) is 47.4 Å². The molecule has 6 heteroatoms. The second kappa shape index (κ2) is 65.9. The van der Waals surface area contributed by atoms with Crippen LogP contribution in [0, 0.1) is 0 Å². The van der Waals surface area contributed by atoms with Gasteiger partial charge >= 0.3 is 5.97 Å². The van der Waals surface area contributed by atoms with E-state index in [0.717, 1.165) is 44.9 Å². The van der Waals surface area contributed by atoms with Crippen molar-refractivity contribution in [1.82, 2.24) is 5.32 Å². The first-order valence-electron chi connectivity index (χ1n) is 34.6. The molecule has 0 spiro atoms. The lowest BCUT2D eigenvalue weighted by molar-refractivity contribution is -0.143. The molecule has 0 aliphatic carbocycles. The average molecular weight is 1070 g/mol. The van der Waals surface area contributed by atoms with Crippen LogP contribution >= 0.6 is 0 Å². The molecular formula is C70H135NO5. The molecule has 76 heavy (non-hydrogen) atoms. The van der Waals surface area contributed by atoms with Gasteiger partial charge in [0.25, 0.3) is 0 Å². The predicted molar refractivity (Wildman–Crippen MR) is 333 cm³/mol. The maximum absolute atomic E-state index is 12.5. The molecule has 0 aromatic carbocycles. The molecule has 0 aromatic rings. The summed E-state index contributed by atoms with van der Waals surface area (Å²) in [5, 5.41) is 23.3. The Morgan fingerprint density at radius 3 is 0.934 bits per heavy atom. The van der Waals surface area contributed by atoms with Crippen molar-refractivity contribution in [3.8, 4) is 0 Å². The van der Waals surface area contributed by atoms with Gasteiger partial charge in [0, 0.05) is 12.8 Å². The summed E-state index contributed by atoms with van der Waals surface area (Å²) >= 11 is 0. The zero-order chi connectivity index (χ0) is 55.0. The molecule has 0 rings (SSSR count). The largest absolute Gasteiger partial charge is 0.466 e. The van der Waals surface area contributed by atoms with Crippen molar-refractivity contribution >= 4 is 11.9 Å². The van der Waals surface area contributed by atoms with E-state index in [2.05, 4.69) is 31.3 Å². The summed E-state index contributed by atoms with van der Waals surface area (Å²) in [4.78, 5) is 24.6. The fraction of sp³-hybridized carbons (Fsp3) is 0.914. The van der Waals surface area contributed by atoms with Gasteiger partial charge < -0.3 is 20.3 Å². The number of nitrogens with one attached hydrogen (secondary N) is 1. The second-order valence-electron chi connectivity index (χ2n) is 23.9. The molecule has 0 heterocycles. The van der Waals surface area contributed by atoms with Crippen molar-refractivity contribution in [2.45, 2.75) is 398 Å². The van der Waals surface area contributed by atoms with Crippen LogP contribution in [0.3, 0.4) is 0 Å². The molecule has 0 aliphatic rings. The highest BCUT2D eigenvalue weighted by Crippen LogP contribution is 2.19. The van der Waals surface area contributed by atoms with Crippen molar-refractivity contribution in [2.24, 2.45) is 0 Å². The average Bonchev–Trinajstić information content (AvgIpc) is 3.42. The number of aliphatic hydroxyl groups excluding tert-OH is 2. The smallest absolute Gasteiger partial charge is 0.305 e. The molecule has 0 saturated heterocycles. The minimum absolute atomic E-state index is 0.000152. The predicted octanol–water partition coefficient (Wildman–Crippen LogP) is 22.1. The van der Waals surface area contributed by atoms with E-state index < -0.39 is 12.1 Å². The van der Waals surface area contributed by atoms with Crippen molar-refractivity contribution in [3.63, 3.8) is 0 Å². The molecule has 1 amide bonds. The second-order valence-corrected chi connectivity index (χ2v) is 23.9. The number of esters is 1. The highest BCUT2D eigenvalue weighted by Gasteiger charge is 2.18. The van der Waals surface area contributed by atoms with Gasteiger partial charge in [-0.15, -0.1) is 0 Å². The fourth-order valence-electron chi connectivity index (χ4n) is 10.9. The summed E-state index contributed by atoms with van der Waals surface area (Å²) < 4.78 is 5.49. The van der Waals surface area contributed by atoms with Gasteiger partial charge in [0.1, 0.15) is 0 Å². The highest BCUT2D eigenvalue weighted by atomic mass is 16.5. The molecule has 0 radical (unpaired) electrons. The van der Waals surface area contributed by atoms with E-state index in [1.165, 1.54) is 315 Å². The van der Waals surface area contributed by atoms with Gasteiger partial charge in [-0.05, 0) is 57.8 Å². The maximum atomic E-state index is 12.5. The Balaban J connectivity index is 3.43. The first kappa shape index (κ1) is 74.3. The van der Waals surface area contributed by atoms with Crippen LogP contribution < -0.4 is 5.32 Å². The van der Waals surface area contributed by atoms with E-state index in [1.807, 2.05) is 6.08 Å².